The van der Waals surface area contributed by atoms with Gasteiger partial charge in [-0.1, -0.05) is 13.3 Å². The zero-order valence-electron chi connectivity index (χ0n) is 9.08. The fraction of sp³-hybridized carbons (Fsp3) is 0.900. The smallest absolute Gasteiger partial charge is 0.185 e. The normalized spacial score (nSPS) is 23.4. The number of hydrogen-bond donors (Lipinski definition) is 2. The van der Waals surface area contributed by atoms with Crippen LogP contribution in [0.3, 0.4) is 0 Å². The van der Waals surface area contributed by atoms with Gasteiger partial charge in [-0.05, 0) is 25.8 Å². The molecule has 1 atom stereocenters. The molecular weight excluding hydrogens is 176 g/mol. The van der Waals surface area contributed by atoms with Crippen LogP contribution in [-0.4, -0.2) is 36.5 Å². The summed E-state index contributed by atoms with van der Waals surface area (Å²) in [5.74, 6) is 0.204. The Balaban J connectivity index is 2.29. The van der Waals surface area contributed by atoms with E-state index in [4.69, 9.17) is 11.5 Å². The lowest BCUT2D eigenvalue weighted by atomic mass is 10.0. The summed E-state index contributed by atoms with van der Waals surface area (Å²) < 4.78 is 0. The lowest BCUT2D eigenvalue weighted by Crippen LogP contribution is -2.40. The fourth-order valence-electron chi connectivity index (χ4n) is 2.12. The van der Waals surface area contributed by atoms with Crippen LogP contribution < -0.4 is 11.5 Å². The average molecular weight is 198 g/mol. The van der Waals surface area contributed by atoms with Crippen molar-refractivity contribution in [2.24, 2.45) is 16.5 Å². The first-order valence-corrected chi connectivity index (χ1v) is 5.53. The first-order valence-electron chi connectivity index (χ1n) is 5.53. The Kier molecular flexibility index (Phi) is 4.73. The van der Waals surface area contributed by atoms with Crippen molar-refractivity contribution < 1.29 is 0 Å². The van der Waals surface area contributed by atoms with Crippen molar-refractivity contribution in [2.45, 2.75) is 38.6 Å². The second kappa shape index (κ2) is 5.86. The zero-order chi connectivity index (χ0) is 10.4. The number of nitrogens with zero attached hydrogens (tertiary/aromatic N) is 2. The molecule has 0 aliphatic carbocycles. The number of guanidine groups is 1. The fourth-order valence-corrected chi connectivity index (χ4v) is 2.12. The van der Waals surface area contributed by atoms with E-state index in [-0.39, 0.29) is 5.96 Å². The van der Waals surface area contributed by atoms with Crippen LogP contribution >= 0.6 is 0 Å². The van der Waals surface area contributed by atoms with Gasteiger partial charge in [-0.2, -0.15) is 0 Å². The Morgan fingerprint density at radius 3 is 2.86 bits per heavy atom. The zero-order valence-corrected chi connectivity index (χ0v) is 9.08. The summed E-state index contributed by atoms with van der Waals surface area (Å²) in [6, 6.07) is 0.748. The second-order valence-electron chi connectivity index (χ2n) is 3.90. The average Bonchev–Trinajstić information content (AvgIpc) is 2.18. The highest BCUT2D eigenvalue weighted by Crippen LogP contribution is 2.18. The Bertz CT molecular complexity index is 187. The Morgan fingerprint density at radius 2 is 2.21 bits per heavy atom. The SMILES string of the molecule is CCC1CCCCN1CCN=C(N)N. The summed E-state index contributed by atoms with van der Waals surface area (Å²) in [7, 11) is 0. The Labute approximate surface area is 86.4 Å². The lowest BCUT2D eigenvalue weighted by Gasteiger charge is -2.34. The molecule has 0 aromatic rings. The van der Waals surface area contributed by atoms with Crippen LogP contribution in [0.1, 0.15) is 32.6 Å². The molecule has 0 radical (unpaired) electrons. The molecule has 0 aromatic carbocycles. The molecule has 4 N–H and O–H groups in total. The van der Waals surface area contributed by atoms with E-state index in [1.54, 1.807) is 0 Å². The summed E-state index contributed by atoms with van der Waals surface area (Å²) in [5.41, 5.74) is 10.6. The van der Waals surface area contributed by atoms with Crippen molar-refractivity contribution >= 4 is 5.96 Å². The molecule has 1 aliphatic rings. The third kappa shape index (κ3) is 3.54. The minimum Gasteiger partial charge on any atom is -0.370 e. The number of rotatable bonds is 4. The molecule has 0 aromatic heterocycles. The van der Waals surface area contributed by atoms with Crippen molar-refractivity contribution in [3.05, 3.63) is 0 Å². The molecule has 14 heavy (non-hydrogen) atoms. The van der Waals surface area contributed by atoms with Gasteiger partial charge in [0.15, 0.2) is 5.96 Å². The predicted octanol–water partition coefficient (Wildman–Crippen LogP) is 0.524. The molecule has 0 spiro atoms. The highest BCUT2D eigenvalue weighted by atomic mass is 15.2. The van der Waals surface area contributed by atoms with Crippen LogP contribution in [0.15, 0.2) is 4.99 Å². The molecular formula is C10H22N4. The number of hydrogen-bond acceptors (Lipinski definition) is 2. The minimum absolute atomic E-state index is 0.204. The van der Waals surface area contributed by atoms with Gasteiger partial charge in [-0.15, -0.1) is 0 Å². The van der Waals surface area contributed by atoms with Gasteiger partial charge in [0, 0.05) is 12.6 Å². The summed E-state index contributed by atoms with van der Waals surface area (Å²) in [5, 5.41) is 0. The van der Waals surface area contributed by atoms with E-state index in [1.165, 1.54) is 32.2 Å². The van der Waals surface area contributed by atoms with Gasteiger partial charge in [-0.25, -0.2) is 0 Å². The Hall–Kier alpha value is -0.770. The number of likely N-dealkylation sites (tertiary alicyclic amines) is 1. The van der Waals surface area contributed by atoms with Gasteiger partial charge in [0.05, 0.1) is 6.54 Å². The third-order valence-corrected chi connectivity index (χ3v) is 2.90. The van der Waals surface area contributed by atoms with Crippen LogP contribution in [0.2, 0.25) is 0 Å². The van der Waals surface area contributed by atoms with Gasteiger partial charge in [-0.3, -0.25) is 9.89 Å². The van der Waals surface area contributed by atoms with E-state index in [0.717, 1.165) is 19.1 Å². The van der Waals surface area contributed by atoms with Crippen molar-refractivity contribution in [3.8, 4) is 0 Å². The minimum atomic E-state index is 0.204. The third-order valence-electron chi connectivity index (χ3n) is 2.90. The molecule has 1 fully saturated rings. The highest BCUT2D eigenvalue weighted by molar-refractivity contribution is 5.75. The number of piperidine rings is 1. The molecule has 82 valence electrons. The van der Waals surface area contributed by atoms with Crippen LogP contribution in [0.5, 0.6) is 0 Å². The standard InChI is InChI=1S/C10H22N4/c1-2-9-5-3-4-7-14(9)8-6-13-10(11)12/h9H,2-8H2,1H3,(H4,11,12,13). The predicted molar refractivity (Wildman–Crippen MR) is 60.2 cm³/mol. The maximum atomic E-state index is 5.28. The van der Waals surface area contributed by atoms with Gasteiger partial charge in [0.2, 0.25) is 0 Å². The van der Waals surface area contributed by atoms with E-state index < -0.39 is 0 Å². The Morgan fingerprint density at radius 1 is 1.43 bits per heavy atom. The van der Waals surface area contributed by atoms with Crippen LogP contribution in [0, 0.1) is 0 Å². The lowest BCUT2D eigenvalue weighted by molar-refractivity contribution is 0.149. The van der Waals surface area contributed by atoms with Crippen LogP contribution in [-0.2, 0) is 0 Å². The summed E-state index contributed by atoms with van der Waals surface area (Å²) in [4.78, 5) is 6.53. The molecule has 0 amide bonds. The molecule has 1 saturated heterocycles. The van der Waals surface area contributed by atoms with E-state index in [0.29, 0.717) is 0 Å². The molecule has 4 heteroatoms. The monoisotopic (exact) mass is 198 g/mol. The first kappa shape index (κ1) is 11.3. The first-order chi connectivity index (χ1) is 6.74. The number of nitrogens with two attached hydrogens (primary N) is 2. The topological polar surface area (TPSA) is 67.6 Å². The van der Waals surface area contributed by atoms with E-state index in [2.05, 4.69) is 16.8 Å². The quantitative estimate of drug-likeness (QED) is 0.511. The van der Waals surface area contributed by atoms with Crippen LogP contribution in [0.4, 0.5) is 0 Å². The van der Waals surface area contributed by atoms with Crippen molar-refractivity contribution in [3.63, 3.8) is 0 Å². The maximum Gasteiger partial charge on any atom is 0.185 e. The molecule has 4 nitrogen and oxygen atoms in total. The van der Waals surface area contributed by atoms with Gasteiger partial charge in [0.25, 0.3) is 0 Å². The highest BCUT2D eigenvalue weighted by Gasteiger charge is 2.19. The second-order valence-corrected chi connectivity index (χ2v) is 3.90. The van der Waals surface area contributed by atoms with Crippen molar-refractivity contribution in [2.75, 3.05) is 19.6 Å². The maximum absolute atomic E-state index is 5.28. The van der Waals surface area contributed by atoms with Gasteiger partial charge >= 0.3 is 0 Å². The number of aliphatic imine (C=N–C) groups is 1. The van der Waals surface area contributed by atoms with Gasteiger partial charge < -0.3 is 11.5 Å². The molecule has 0 saturated carbocycles. The molecule has 0 bridgehead atoms. The van der Waals surface area contributed by atoms with Crippen LogP contribution in [0.25, 0.3) is 0 Å². The van der Waals surface area contributed by atoms with Crippen molar-refractivity contribution in [1.29, 1.82) is 0 Å². The molecule has 1 unspecified atom stereocenters. The molecule has 1 aliphatic heterocycles. The molecule has 1 heterocycles. The summed E-state index contributed by atoms with van der Waals surface area (Å²) in [6.07, 6.45) is 5.26. The largest absolute Gasteiger partial charge is 0.370 e. The molecule has 1 rings (SSSR count). The van der Waals surface area contributed by atoms with E-state index in [9.17, 15) is 0 Å². The van der Waals surface area contributed by atoms with Gasteiger partial charge in [0.1, 0.15) is 0 Å². The van der Waals surface area contributed by atoms with E-state index >= 15 is 0 Å². The summed E-state index contributed by atoms with van der Waals surface area (Å²) in [6.45, 7) is 5.19. The summed E-state index contributed by atoms with van der Waals surface area (Å²) >= 11 is 0. The van der Waals surface area contributed by atoms with Crippen molar-refractivity contribution in [1.82, 2.24) is 4.90 Å². The van der Waals surface area contributed by atoms with E-state index in [1.807, 2.05) is 0 Å².